The van der Waals surface area contributed by atoms with Gasteiger partial charge in [0.05, 0.1) is 11.2 Å². The molecule has 194 valence electrons. The number of aromatic nitrogens is 1. The van der Waals surface area contributed by atoms with Crippen LogP contribution in [0.3, 0.4) is 0 Å². The first kappa shape index (κ1) is 26.1. The van der Waals surface area contributed by atoms with Crippen LogP contribution < -0.4 is 10.6 Å². The van der Waals surface area contributed by atoms with Crippen molar-refractivity contribution in [3.63, 3.8) is 0 Å². The van der Waals surface area contributed by atoms with Gasteiger partial charge in [0.2, 0.25) is 0 Å². The highest BCUT2D eigenvalue weighted by Crippen LogP contribution is 2.43. The number of carboxylic acid groups (broad SMARTS) is 1. The van der Waals surface area contributed by atoms with Gasteiger partial charge >= 0.3 is 18.2 Å². The van der Waals surface area contributed by atoms with Crippen molar-refractivity contribution in [1.29, 1.82) is 0 Å². The molecule has 0 aliphatic heterocycles. The SMILES string of the molecule is O=C(O)COC1(c2ccc(-c3ccc(NC(=O)Nc4cccc(C(F)(F)F)c4)nc3)cc2F)CCCC1. The molecule has 4 rings (SSSR count). The van der Waals surface area contributed by atoms with Gasteiger partial charge in [0.15, 0.2) is 0 Å². The van der Waals surface area contributed by atoms with Gasteiger partial charge in [-0.1, -0.05) is 31.0 Å². The first-order chi connectivity index (χ1) is 17.6. The number of anilines is 2. The minimum Gasteiger partial charge on any atom is -0.480 e. The largest absolute Gasteiger partial charge is 0.480 e. The summed E-state index contributed by atoms with van der Waals surface area (Å²) < 4.78 is 59.3. The number of aliphatic carboxylic acids is 1. The van der Waals surface area contributed by atoms with E-state index in [1.165, 1.54) is 30.5 Å². The van der Waals surface area contributed by atoms with Crippen LogP contribution in [-0.2, 0) is 21.3 Å². The topological polar surface area (TPSA) is 101 Å². The van der Waals surface area contributed by atoms with Crippen molar-refractivity contribution in [2.75, 3.05) is 17.2 Å². The molecule has 37 heavy (non-hydrogen) atoms. The lowest BCUT2D eigenvalue weighted by atomic mass is 9.90. The molecule has 7 nitrogen and oxygen atoms in total. The third-order valence-electron chi connectivity index (χ3n) is 6.13. The van der Waals surface area contributed by atoms with Crippen molar-refractivity contribution in [3.05, 3.63) is 77.7 Å². The number of ether oxygens (including phenoxy) is 1. The summed E-state index contributed by atoms with van der Waals surface area (Å²) in [5.74, 6) is -1.50. The number of amides is 2. The fourth-order valence-corrected chi connectivity index (χ4v) is 4.39. The van der Waals surface area contributed by atoms with E-state index in [9.17, 15) is 22.8 Å². The number of halogens is 4. The number of alkyl halides is 3. The van der Waals surface area contributed by atoms with E-state index in [1.807, 2.05) is 0 Å². The molecule has 3 N–H and O–H groups in total. The van der Waals surface area contributed by atoms with E-state index in [0.717, 1.165) is 25.0 Å². The van der Waals surface area contributed by atoms with Crippen LogP contribution in [0.4, 0.5) is 33.9 Å². The van der Waals surface area contributed by atoms with Crippen LogP contribution in [0.2, 0.25) is 0 Å². The summed E-state index contributed by atoms with van der Waals surface area (Å²) in [6, 6.07) is 11.1. The van der Waals surface area contributed by atoms with Gasteiger partial charge in [0.1, 0.15) is 18.2 Å². The predicted octanol–water partition coefficient (Wildman–Crippen LogP) is 6.42. The molecule has 0 atom stereocenters. The Morgan fingerprint density at radius 2 is 1.73 bits per heavy atom. The Morgan fingerprint density at radius 3 is 2.35 bits per heavy atom. The second-order valence-corrected chi connectivity index (χ2v) is 8.67. The van der Waals surface area contributed by atoms with Gasteiger partial charge in [-0.15, -0.1) is 0 Å². The zero-order valence-corrected chi connectivity index (χ0v) is 19.4. The molecule has 0 radical (unpaired) electrons. The lowest BCUT2D eigenvalue weighted by Gasteiger charge is -2.30. The molecule has 11 heteroatoms. The van der Waals surface area contributed by atoms with Crippen molar-refractivity contribution >= 4 is 23.5 Å². The summed E-state index contributed by atoms with van der Waals surface area (Å²) >= 11 is 0. The number of carbonyl (C=O) groups excluding carboxylic acids is 1. The number of nitrogens with zero attached hydrogens (tertiary/aromatic N) is 1. The zero-order chi connectivity index (χ0) is 26.6. The summed E-state index contributed by atoms with van der Waals surface area (Å²) in [6.07, 6.45) is -0.448. The summed E-state index contributed by atoms with van der Waals surface area (Å²) in [6.45, 7) is -0.513. The lowest BCUT2D eigenvalue weighted by Crippen LogP contribution is -2.30. The van der Waals surface area contributed by atoms with E-state index in [-0.39, 0.29) is 11.5 Å². The molecule has 1 aromatic heterocycles. The average molecular weight is 517 g/mol. The number of carboxylic acids is 1. The zero-order valence-electron chi connectivity index (χ0n) is 19.4. The third-order valence-corrected chi connectivity index (χ3v) is 6.13. The Hall–Kier alpha value is -3.99. The van der Waals surface area contributed by atoms with Crippen LogP contribution in [0.15, 0.2) is 60.8 Å². The number of nitrogens with one attached hydrogen (secondary N) is 2. The van der Waals surface area contributed by atoms with Gasteiger partial charge in [0, 0.05) is 23.0 Å². The summed E-state index contributed by atoms with van der Waals surface area (Å²) in [4.78, 5) is 27.3. The molecule has 1 aliphatic rings. The standard InChI is InChI=1S/C26H23F4N3O4/c27-21-12-16(6-8-20(21)25(10-1-2-11-25)37-15-23(34)35)17-7-9-22(31-14-17)33-24(36)32-19-5-3-4-18(13-19)26(28,29)30/h3-9,12-14H,1-2,10-11,15H2,(H,34,35)(H2,31,32,33,36). The minimum absolute atomic E-state index is 0.0353. The van der Waals surface area contributed by atoms with Crippen LogP contribution in [0, 0.1) is 5.82 Å². The van der Waals surface area contributed by atoms with Crippen LogP contribution >= 0.6 is 0 Å². The second-order valence-electron chi connectivity index (χ2n) is 8.67. The van der Waals surface area contributed by atoms with Crippen LogP contribution in [-0.4, -0.2) is 28.7 Å². The first-order valence-corrected chi connectivity index (χ1v) is 11.4. The monoisotopic (exact) mass is 517 g/mol. The van der Waals surface area contributed by atoms with Crippen molar-refractivity contribution < 1.29 is 37.0 Å². The van der Waals surface area contributed by atoms with Crippen molar-refractivity contribution in [2.24, 2.45) is 0 Å². The van der Waals surface area contributed by atoms with Crippen molar-refractivity contribution in [1.82, 2.24) is 4.98 Å². The molecule has 2 amide bonds. The van der Waals surface area contributed by atoms with Crippen molar-refractivity contribution in [2.45, 2.75) is 37.5 Å². The van der Waals surface area contributed by atoms with E-state index in [1.54, 1.807) is 18.2 Å². The molecule has 1 aliphatic carbocycles. The third kappa shape index (κ3) is 6.23. The molecule has 3 aromatic rings. The van der Waals surface area contributed by atoms with Gasteiger partial charge in [-0.25, -0.2) is 19.0 Å². The molecule has 2 aromatic carbocycles. The van der Waals surface area contributed by atoms with Gasteiger partial charge in [-0.2, -0.15) is 13.2 Å². The van der Waals surface area contributed by atoms with Gasteiger partial charge in [-0.3, -0.25) is 5.32 Å². The highest BCUT2D eigenvalue weighted by atomic mass is 19.4. The highest BCUT2D eigenvalue weighted by molar-refractivity contribution is 5.99. The maximum absolute atomic E-state index is 15.1. The maximum atomic E-state index is 15.1. The highest BCUT2D eigenvalue weighted by Gasteiger charge is 2.39. The summed E-state index contributed by atoms with van der Waals surface area (Å²) in [5.41, 5.74) is -0.515. The Kier molecular flexibility index (Phi) is 7.44. The van der Waals surface area contributed by atoms with E-state index < -0.39 is 41.8 Å². The second kappa shape index (κ2) is 10.6. The molecule has 0 bridgehead atoms. The molecular formula is C26H23F4N3O4. The Bertz CT molecular complexity index is 1290. The Labute approximate surface area is 209 Å². The van der Waals surface area contributed by atoms with E-state index in [2.05, 4.69) is 15.6 Å². The average Bonchev–Trinajstić information content (AvgIpc) is 3.33. The van der Waals surface area contributed by atoms with Gasteiger partial charge < -0.3 is 15.2 Å². The molecule has 0 spiro atoms. The summed E-state index contributed by atoms with van der Waals surface area (Å²) in [5, 5.41) is 13.7. The lowest BCUT2D eigenvalue weighted by molar-refractivity contribution is -0.150. The van der Waals surface area contributed by atoms with E-state index in [4.69, 9.17) is 9.84 Å². The number of hydrogen-bond donors (Lipinski definition) is 3. The Balaban J connectivity index is 1.44. The predicted molar refractivity (Wildman–Crippen MR) is 127 cm³/mol. The van der Waals surface area contributed by atoms with Crippen LogP contribution in [0.1, 0.15) is 36.8 Å². The first-order valence-electron chi connectivity index (χ1n) is 11.4. The minimum atomic E-state index is -4.54. The molecule has 0 unspecified atom stereocenters. The molecule has 1 fully saturated rings. The number of pyridine rings is 1. The molecule has 0 saturated heterocycles. The smallest absolute Gasteiger partial charge is 0.416 e. The number of carbonyl (C=O) groups is 2. The molecule has 1 heterocycles. The fourth-order valence-electron chi connectivity index (χ4n) is 4.39. The van der Waals surface area contributed by atoms with Crippen LogP contribution in [0.25, 0.3) is 11.1 Å². The number of urea groups is 1. The van der Waals surface area contributed by atoms with Gasteiger partial charge in [0.25, 0.3) is 0 Å². The van der Waals surface area contributed by atoms with Crippen molar-refractivity contribution in [3.8, 4) is 11.1 Å². The van der Waals surface area contributed by atoms with E-state index >= 15 is 4.39 Å². The normalized spacial score (nSPS) is 14.8. The quantitative estimate of drug-likeness (QED) is 0.314. The summed E-state index contributed by atoms with van der Waals surface area (Å²) in [7, 11) is 0. The molecule has 1 saturated carbocycles. The van der Waals surface area contributed by atoms with E-state index in [0.29, 0.717) is 29.5 Å². The van der Waals surface area contributed by atoms with Crippen LogP contribution in [0.5, 0.6) is 0 Å². The maximum Gasteiger partial charge on any atom is 0.416 e. The number of benzene rings is 2. The van der Waals surface area contributed by atoms with Gasteiger partial charge in [-0.05, 0) is 54.8 Å². The number of hydrogen-bond acceptors (Lipinski definition) is 4. The fraction of sp³-hybridized carbons (Fsp3) is 0.269. The Morgan fingerprint density at radius 1 is 1.00 bits per heavy atom. The molecular weight excluding hydrogens is 494 g/mol. The number of rotatable bonds is 7.